The highest BCUT2D eigenvalue weighted by atomic mass is 32.1. The van der Waals surface area contributed by atoms with E-state index in [0.717, 1.165) is 52.5 Å². The van der Waals surface area contributed by atoms with Gasteiger partial charge in [-0.3, -0.25) is 4.79 Å². The Morgan fingerprint density at radius 1 is 1.20 bits per heavy atom. The van der Waals surface area contributed by atoms with Gasteiger partial charge >= 0.3 is 11.6 Å². The molecule has 5 rings (SSSR count). The molecule has 2 aliphatic rings. The van der Waals surface area contributed by atoms with Crippen LogP contribution >= 0.6 is 11.3 Å². The Labute approximate surface area is 148 Å². The Balaban J connectivity index is 1.88. The summed E-state index contributed by atoms with van der Waals surface area (Å²) < 4.78 is 11.3. The van der Waals surface area contributed by atoms with Crippen LogP contribution < -0.4 is 10.4 Å². The number of rotatable bonds is 1. The molecule has 0 spiro atoms. The maximum Gasteiger partial charge on any atom is 0.339 e. The zero-order valence-electron chi connectivity index (χ0n) is 13.8. The van der Waals surface area contributed by atoms with Gasteiger partial charge in [0.1, 0.15) is 11.3 Å². The number of ether oxygens (including phenoxy) is 1. The Bertz CT molecular complexity index is 1080. The number of aryl methyl sites for hydroxylation is 2. The van der Waals surface area contributed by atoms with E-state index in [2.05, 4.69) is 11.4 Å². The van der Waals surface area contributed by atoms with Crippen molar-refractivity contribution < 1.29 is 13.9 Å². The van der Waals surface area contributed by atoms with E-state index >= 15 is 0 Å². The first-order valence-electron chi connectivity index (χ1n) is 8.48. The molecule has 126 valence electrons. The molecule has 0 radical (unpaired) electrons. The largest absolute Gasteiger partial charge is 0.425 e. The fourth-order valence-electron chi connectivity index (χ4n) is 4.27. The number of hydrogen-bond acceptors (Lipinski definition) is 5. The summed E-state index contributed by atoms with van der Waals surface area (Å²) in [6.45, 7) is 1.99. The smallest absolute Gasteiger partial charge is 0.339 e. The van der Waals surface area contributed by atoms with Crippen LogP contribution in [0.25, 0.3) is 11.0 Å². The Hall–Kier alpha value is -2.40. The van der Waals surface area contributed by atoms with Crippen molar-refractivity contribution >= 4 is 28.3 Å². The molecule has 0 saturated heterocycles. The van der Waals surface area contributed by atoms with E-state index in [1.54, 1.807) is 11.3 Å². The van der Waals surface area contributed by atoms with Crippen LogP contribution in [0.2, 0.25) is 0 Å². The van der Waals surface area contributed by atoms with Crippen molar-refractivity contribution in [3.05, 3.63) is 61.1 Å². The summed E-state index contributed by atoms with van der Waals surface area (Å²) in [5.74, 6) is 0.369. The minimum atomic E-state index is -0.254. The van der Waals surface area contributed by atoms with Crippen LogP contribution in [-0.2, 0) is 17.6 Å². The zero-order chi connectivity index (χ0) is 17.1. The molecule has 3 aromatic rings. The van der Waals surface area contributed by atoms with Crippen LogP contribution in [0.4, 0.5) is 0 Å². The van der Waals surface area contributed by atoms with Crippen molar-refractivity contribution in [1.29, 1.82) is 0 Å². The quantitative estimate of drug-likeness (QED) is 0.376. The van der Waals surface area contributed by atoms with Gasteiger partial charge in [0.2, 0.25) is 0 Å². The number of thiophene rings is 1. The number of hydrogen-bond donors (Lipinski definition) is 0. The summed E-state index contributed by atoms with van der Waals surface area (Å²) >= 11 is 1.63. The van der Waals surface area contributed by atoms with Gasteiger partial charge in [0, 0.05) is 17.0 Å². The summed E-state index contributed by atoms with van der Waals surface area (Å²) in [5, 5.41) is 4.94. The molecule has 4 nitrogen and oxygen atoms in total. The molecular formula is C20H16O4S. The fourth-order valence-corrected chi connectivity index (χ4v) is 4.98. The minimum Gasteiger partial charge on any atom is -0.425 e. The fraction of sp³-hybridized carbons (Fsp3) is 0.300. The van der Waals surface area contributed by atoms with Crippen LogP contribution in [-0.4, -0.2) is 5.97 Å². The number of carbonyl (C=O) groups excluding carboxylic acids is 1. The topological polar surface area (TPSA) is 56.5 Å². The molecule has 0 bridgehead atoms. The second-order valence-corrected chi connectivity index (χ2v) is 7.58. The third-order valence-electron chi connectivity index (χ3n) is 5.34. The molecule has 2 aromatic heterocycles. The SMILES string of the molecule is Cc1cc2oc(=O)c3c(c2c2c1C(c1ccsc1)CC(=O)O2)CCC3. The molecule has 1 aromatic carbocycles. The second kappa shape index (κ2) is 5.30. The second-order valence-electron chi connectivity index (χ2n) is 6.80. The molecule has 1 aliphatic carbocycles. The van der Waals surface area contributed by atoms with Gasteiger partial charge in [-0.15, -0.1) is 0 Å². The van der Waals surface area contributed by atoms with Gasteiger partial charge in [0.15, 0.2) is 0 Å². The van der Waals surface area contributed by atoms with E-state index in [1.807, 2.05) is 18.4 Å². The standard InChI is InChI=1S/C20H16O4S/c1-10-7-15-18(12-3-2-4-13(12)20(22)23-15)19-17(10)14(8-16(21)24-19)11-5-6-25-9-11/h5-7,9,14H,2-4,8H2,1H3. The molecule has 5 heteroatoms. The molecule has 1 aliphatic heterocycles. The summed E-state index contributed by atoms with van der Waals surface area (Å²) in [6, 6.07) is 3.99. The van der Waals surface area contributed by atoms with Crippen molar-refractivity contribution in [2.45, 2.75) is 38.5 Å². The van der Waals surface area contributed by atoms with Crippen LogP contribution in [0, 0.1) is 6.92 Å². The first kappa shape index (κ1) is 14.9. The number of esters is 1. The maximum atomic E-state index is 12.3. The lowest BCUT2D eigenvalue weighted by atomic mass is 9.83. The molecule has 0 N–H and O–H groups in total. The first-order chi connectivity index (χ1) is 12.1. The Morgan fingerprint density at radius 2 is 2.04 bits per heavy atom. The molecule has 1 atom stereocenters. The van der Waals surface area contributed by atoms with Gasteiger partial charge in [0.25, 0.3) is 0 Å². The molecule has 0 saturated carbocycles. The van der Waals surface area contributed by atoms with E-state index in [1.165, 1.54) is 0 Å². The van der Waals surface area contributed by atoms with Crippen LogP contribution in [0.5, 0.6) is 5.75 Å². The van der Waals surface area contributed by atoms with E-state index in [4.69, 9.17) is 9.15 Å². The highest BCUT2D eigenvalue weighted by Crippen LogP contribution is 2.47. The van der Waals surface area contributed by atoms with E-state index in [-0.39, 0.29) is 17.5 Å². The van der Waals surface area contributed by atoms with E-state index < -0.39 is 0 Å². The van der Waals surface area contributed by atoms with Crippen molar-refractivity contribution in [3.8, 4) is 5.75 Å². The van der Waals surface area contributed by atoms with Gasteiger partial charge in [-0.2, -0.15) is 11.3 Å². The van der Waals surface area contributed by atoms with Crippen LogP contribution in [0.15, 0.2) is 32.1 Å². The van der Waals surface area contributed by atoms with Crippen molar-refractivity contribution in [2.75, 3.05) is 0 Å². The number of fused-ring (bicyclic) bond motifs is 5. The van der Waals surface area contributed by atoms with Crippen molar-refractivity contribution in [3.63, 3.8) is 0 Å². The predicted molar refractivity (Wildman–Crippen MR) is 95.7 cm³/mol. The zero-order valence-corrected chi connectivity index (χ0v) is 14.6. The summed E-state index contributed by atoms with van der Waals surface area (Å²) in [7, 11) is 0. The number of benzene rings is 1. The Kier molecular flexibility index (Phi) is 3.16. The van der Waals surface area contributed by atoms with Gasteiger partial charge in [-0.05, 0) is 65.8 Å². The molecule has 0 amide bonds. The maximum absolute atomic E-state index is 12.3. The van der Waals surface area contributed by atoms with Gasteiger partial charge in [-0.1, -0.05) is 0 Å². The lowest BCUT2D eigenvalue weighted by Gasteiger charge is -2.27. The van der Waals surface area contributed by atoms with E-state index in [0.29, 0.717) is 17.8 Å². The third-order valence-corrected chi connectivity index (χ3v) is 6.04. The monoisotopic (exact) mass is 352 g/mol. The average Bonchev–Trinajstić information content (AvgIpc) is 3.25. The van der Waals surface area contributed by atoms with Gasteiger partial charge < -0.3 is 9.15 Å². The highest BCUT2D eigenvalue weighted by molar-refractivity contribution is 7.08. The third kappa shape index (κ3) is 2.12. The van der Waals surface area contributed by atoms with Crippen molar-refractivity contribution in [1.82, 2.24) is 0 Å². The normalized spacial score (nSPS) is 18.9. The Morgan fingerprint density at radius 3 is 2.84 bits per heavy atom. The van der Waals surface area contributed by atoms with E-state index in [9.17, 15) is 9.59 Å². The molecule has 1 unspecified atom stereocenters. The first-order valence-corrected chi connectivity index (χ1v) is 9.42. The lowest BCUT2D eigenvalue weighted by molar-refractivity contribution is -0.135. The molecule has 0 fully saturated rings. The molecule has 25 heavy (non-hydrogen) atoms. The van der Waals surface area contributed by atoms with Gasteiger partial charge in [0.05, 0.1) is 11.8 Å². The minimum absolute atomic E-state index is 0.00381. The highest BCUT2D eigenvalue weighted by Gasteiger charge is 2.34. The molecule has 3 heterocycles. The number of carbonyl (C=O) groups is 1. The summed E-state index contributed by atoms with van der Waals surface area (Å²) in [6.07, 6.45) is 2.84. The summed E-state index contributed by atoms with van der Waals surface area (Å²) in [4.78, 5) is 24.6. The average molecular weight is 352 g/mol. The predicted octanol–water partition coefficient (Wildman–Crippen LogP) is 4.09. The lowest BCUT2D eigenvalue weighted by Crippen LogP contribution is -2.22. The van der Waals surface area contributed by atoms with Crippen LogP contribution in [0.1, 0.15) is 46.6 Å². The van der Waals surface area contributed by atoms with Crippen molar-refractivity contribution in [2.24, 2.45) is 0 Å². The van der Waals surface area contributed by atoms with Crippen LogP contribution in [0.3, 0.4) is 0 Å². The van der Waals surface area contributed by atoms with Gasteiger partial charge in [-0.25, -0.2) is 4.79 Å². The summed E-state index contributed by atoms with van der Waals surface area (Å²) in [5.41, 5.74) is 5.20. The molecular weight excluding hydrogens is 336 g/mol.